The summed E-state index contributed by atoms with van der Waals surface area (Å²) in [4.78, 5) is 43.1. The first-order chi connectivity index (χ1) is 14.6. The van der Waals surface area contributed by atoms with Crippen molar-refractivity contribution in [3.63, 3.8) is 0 Å². The molecule has 2 heterocycles. The standard InChI is InChI=1S/C23H18N2O5/c1-29-20-10-9-15(12-19(20)23(28)30-14-16-6-4-5-11-24-16)13-25-21(26)17-7-2-3-8-18(17)22(25)27/h2-12H,13-14H2,1H3. The second-order valence-corrected chi connectivity index (χ2v) is 6.67. The number of methoxy groups -OCH3 is 1. The normalized spacial score (nSPS) is 12.6. The molecule has 0 aliphatic carbocycles. The molecule has 0 bridgehead atoms. The summed E-state index contributed by atoms with van der Waals surface area (Å²) < 4.78 is 10.6. The molecule has 30 heavy (non-hydrogen) atoms. The van der Waals surface area contributed by atoms with Crippen LogP contribution in [0, 0.1) is 0 Å². The Bertz CT molecular complexity index is 1090. The van der Waals surface area contributed by atoms with Crippen molar-refractivity contribution in [1.82, 2.24) is 9.88 Å². The molecule has 1 aliphatic heterocycles. The minimum Gasteiger partial charge on any atom is -0.496 e. The van der Waals surface area contributed by atoms with Gasteiger partial charge < -0.3 is 9.47 Å². The maximum Gasteiger partial charge on any atom is 0.342 e. The third kappa shape index (κ3) is 3.65. The van der Waals surface area contributed by atoms with Gasteiger partial charge in [-0.15, -0.1) is 0 Å². The van der Waals surface area contributed by atoms with Crippen molar-refractivity contribution in [3.8, 4) is 5.75 Å². The quantitative estimate of drug-likeness (QED) is 0.465. The Balaban J connectivity index is 1.54. The predicted octanol–water partition coefficient (Wildman–Crippen LogP) is 3.24. The fraction of sp³-hybridized carbons (Fsp3) is 0.130. The van der Waals surface area contributed by atoms with Crippen molar-refractivity contribution >= 4 is 17.8 Å². The maximum atomic E-state index is 12.6. The van der Waals surface area contributed by atoms with Gasteiger partial charge in [-0.1, -0.05) is 24.3 Å². The molecule has 0 radical (unpaired) electrons. The van der Waals surface area contributed by atoms with Crippen molar-refractivity contribution < 1.29 is 23.9 Å². The second-order valence-electron chi connectivity index (χ2n) is 6.67. The number of carbonyl (C=O) groups excluding carboxylic acids is 3. The van der Waals surface area contributed by atoms with Crippen LogP contribution in [0.2, 0.25) is 0 Å². The Hall–Kier alpha value is -4.00. The summed E-state index contributed by atoms with van der Waals surface area (Å²) in [6, 6.07) is 16.9. The van der Waals surface area contributed by atoms with Crippen molar-refractivity contribution in [2.24, 2.45) is 0 Å². The lowest BCUT2D eigenvalue weighted by atomic mass is 10.1. The number of esters is 1. The van der Waals surface area contributed by atoms with E-state index >= 15 is 0 Å². The molecule has 7 nitrogen and oxygen atoms in total. The summed E-state index contributed by atoms with van der Waals surface area (Å²) in [6.45, 7) is 0.0579. The highest BCUT2D eigenvalue weighted by Gasteiger charge is 2.35. The topological polar surface area (TPSA) is 85.8 Å². The van der Waals surface area contributed by atoms with E-state index in [4.69, 9.17) is 9.47 Å². The average molecular weight is 402 g/mol. The number of rotatable bonds is 6. The molecule has 7 heteroatoms. The molecule has 0 saturated carbocycles. The number of amides is 2. The first-order valence-corrected chi connectivity index (χ1v) is 9.27. The second kappa shape index (κ2) is 8.16. The Kier molecular flexibility index (Phi) is 5.26. The smallest absolute Gasteiger partial charge is 0.342 e. The van der Waals surface area contributed by atoms with Gasteiger partial charge in [-0.05, 0) is 42.0 Å². The third-order valence-electron chi connectivity index (χ3n) is 4.78. The van der Waals surface area contributed by atoms with Crippen LogP contribution in [-0.2, 0) is 17.9 Å². The minimum absolute atomic E-state index is 0.0193. The van der Waals surface area contributed by atoms with Gasteiger partial charge in [0.2, 0.25) is 0 Å². The number of fused-ring (bicyclic) bond motifs is 1. The molecule has 0 N–H and O–H groups in total. The SMILES string of the molecule is COc1ccc(CN2C(=O)c3ccccc3C2=O)cc1C(=O)OCc1ccccn1. The van der Waals surface area contributed by atoms with Gasteiger partial charge in [0.15, 0.2) is 0 Å². The van der Waals surface area contributed by atoms with Crippen molar-refractivity contribution in [3.05, 3.63) is 94.8 Å². The van der Waals surface area contributed by atoms with Crippen LogP contribution in [0.5, 0.6) is 5.75 Å². The maximum absolute atomic E-state index is 12.6. The number of imide groups is 1. The van der Waals surface area contributed by atoms with Crippen LogP contribution < -0.4 is 4.74 Å². The zero-order valence-electron chi connectivity index (χ0n) is 16.2. The first-order valence-electron chi connectivity index (χ1n) is 9.27. The van der Waals surface area contributed by atoms with E-state index in [9.17, 15) is 14.4 Å². The van der Waals surface area contributed by atoms with E-state index in [2.05, 4.69) is 4.98 Å². The molecule has 4 rings (SSSR count). The van der Waals surface area contributed by atoms with Crippen molar-refractivity contribution in [1.29, 1.82) is 0 Å². The van der Waals surface area contributed by atoms with Gasteiger partial charge in [0.1, 0.15) is 17.9 Å². The van der Waals surface area contributed by atoms with Gasteiger partial charge in [0.05, 0.1) is 30.5 Å². The molecular formula is C23H18N2O5. The highest BCUT2D eigenvalue weighted by Crippen LogP contribution is 2.27. The average Bonchev–Trinajstić information content (AvgIpc) is 3.03. The first kappa shape index (κ1) is 19.3. The highest BCUT2D eigenvalue weighted by molar-refractivity contribution is 6.21. The summed E-state index contributed by atoms with van der Waals surface area (Å²) in [7, 11) is 1.45. The predicted molar refractivity (Wildman–Crippen MR) is 107 cm³/mol. The number of aromatic nitrogens is 1. The van der Waals surface area contributed by atoms with Gasteiger partial charge >= 0.3 is 5.97 Å². The Morgan fingerprint density at radius 3 is 2.30 bits per heavy atom. The van der Waals surface area contributed by atoms with Crippen LogP contribution in [0.1, 0.15) is 42.3 Å². The van der Waals surface area contributed by atoms with E-state index in [0.29, 0.717) is 28.1 Å². The summed E-state index contributed by atoms with van der Waals surface area (Å²) >= 11 is 0. The number of benzene rings is 2. The summed E-state index contributed by atoms with van der Waals surface area (Å²) in [5, 5.41) is 0. The highest BCUT2D eigenvalue weighted by atomic mass is 16.5. The van der Waals surface area contributed by atoms with Gasteiger partial charge in [-0.25, -0.2) is 4.79 Å². The van der Waals surface area contributed by atoms with Crippen LogP contribution in [0.25, 0.3) is 0 Å². The number of hydrogen-bond acceptors (Lipinski definition) is 6. The number of nitrogens with zero attached hydrogens (tertiary/aromatic N) is 2. The van der Waals surface area contributed by atoms with Crippen LogP contribution in [0.3, 0.4) is 0 Å². The van der Waals surface area contributed by atoms with E-state index in [-0.39, 0.29) is 30.5 Å². The van der Waals surface area contributed by atoms with Crippen LogP contribution in [-0.4, -0.2) is 34.8 Å². The molecule has 2 amide bonds. The van der Waals surface area contributed by atoms with Gasteiger partial charge in [-0.3, -0.25) is 19.5 Å². The number of hydrogen-bond donors (Lipinski definition) is 0. The molecule has 0 fully saturated rings. The van der Waals surface area contributed by atoms with E-state index in [1.165, 1.54) is 7.11 Å². The molecule has 1 aliphatic rings. The monoisotopic (exact) mass is 402 g/mol. The van der Waals surface area contributed by atoms with E-state index in [1.807, 2.05) is 0 Å². The van der Waals surface area contributed by atoms with E-state index < -0.39 is 5.97 Å². The molecule has 0 spiro atoms. The Labute approximate surface area is 172 Å². The van der Waals surface area contributed by atoms with Crippen LogP contribution >= 0.6 is 0 Å². The van der Waals surface area contributed by atoms with Crippen molar-refractivity contribution in [2.75, 3.05) is 7.11 Å². The lowest BCUT2D eigenvalue weighted by Crippen LogP contribution is -2.29. The molecule has 0 unspecified atom stereocenters. The number of carbonyl (C=O) groups is 3. The summed E-state index contributed by atoms with van der Waals surface area (Å²) in [6.07, 6.45) is 1.62. The minimum atomic E-state index is -0.582. The number of pyridine rings is 1. The van der Waals surface area contributed by atoms with Crippen LogP contribution in [0.15, 0.2) is 66.9 Å². The van der Waals surface area contributed by atoms with Gasteiger partial charge in [0, 0.05) is 6.20 Å². The fourth-order valence-corrected chi connectivity index (χ4v) is 3.28. The Morgan fingerprint density at radius 1 is 0.967 bits per heavy atom. The Morgan fingerprint density at radius 2 is 1.67 bits per heavy atom. The molecule has 0 saturated heterocycles. The van der Waals surface area contributed by atoms with Crippen molar-refractivity contribution in [2.45, 2.75) is 13.2 Å². The zero-order chi connectivity index (χ0) is 21.1. The van der Waals surface area contributed by atoms with Crippen LogP contribution in [0.4, 0.5) is 0 Å². The molecule has 1 aromatic heterocycles. The molecule has 150 valence electrons. The van der Waals surface area contributed by atoms with E-state index in [0.717, 1.165) is 4.90 Å². The van der Waals surface area contributed by atoms with Gasteiger partial charge in [0.25, 0.3) is 11.8 Å². The summed E-state index contributed by atoms with van der Waals surface area (Å²) in [5.41, 5.74) is 2.20. The molecule has 3 aromatic rings. The summed E-state index contributed by atoms with van der Waals surface area (Å²) in [5.74, 6) is -0.953. The molecular weight excluding hydrogens is 384 g/mol. The van der Waals surface area contributed by atoms with E-state index in [1.54, 1.807) is 66.9 Å². The lowest BCUT2D eigenvalue weighted by molar-refractivity contribution is 0.0463. The fourth-order valence-electron chi connectivity index (χ4n) is 3.28. The number of ether oxygens (including phenoxy) is 2. The van der Waals surface area contributed by atoms with Gasteiger partial charge in [-0.2, -0.15) is 0 Å². The molecule has 2 aromatic carbocycles. The molecule has 0 atom stereocenters. The third-order valence-corrected chi connectivity index (χ3v) is 4.78. The zero-order valence-corrected chi connectivity index (χ0v) is 16.2. The largest absolute Gasteiger partial charge is 0.496 e. The lowest BCUT2D eigenvalue weighted by Gasteiger charge is -2.16.